The lowest BCUT2D eigenvalue weighted by Crippen LogP contribution is -2.07. The van der Waals surface area contributed by atoms with Crippen molar-refractivity contribution in [3.63, 3.8) is 0 Å². The van der Waals surface area contributed by atoms with Gasteiger partial charge in [-0.3, -0.25) is 0 Å². The fraction of sp³-hybridized carbons (Fsp3) is 0.364. The topological polar surface area (TPSA) is 23.8 Å². The van der Waals surface area contributed by atoms with Gasteiger partial charge in [-0.15, -0.1) is 11.8 Å². The van der Waals surface area contributed by atoms with Crippen molar-refractivity contribution in [2.75, 3.05) is 0 Å². The van der Waals surface area contributed by atoms with Crippen molar-refractivity contribution in [3.05, 3.63) is 28.8 Å². The first-order valence-electron chi connectivity index (χ1n) is 4.31. The molecular formula is C11H12ClNS. The number of nitriles is 1. The van der Waals surface area contributed by atoms with Gasteiger partial charge in [0.25, 0.3) is 0 Å². The smallest absolute Gasteiger partial charge is 0.102 e. The van der Waals surface area contributed by atoms with Gasteiger partial charge < -0.3 is 0 Å². The maximum atomic E-state index is 8.95. The largest absolute Gasteiger partial charge is 0.192 e. The number of hydrogen-bond donors (Lipinski definition) is 0. The summed E-state index contributed by atoms with van der Waals surface area (Å²) in [6.45, 7) is 6.33. The Bertz CT molecular complexity index is 374. The highest BCUT2D eigenvalue weighted by atomic mass is 35.5. The summed E-state index contributed by atoms with van der Waals surface area (Å²) in [5, 5.41) is 9.48. The fourth-order valence-corrected chi connectivity index (χ4v) is 2.36. The minimum atomic E-state index is 0.0935. The van der Waals surface area contributed by atoms with Crippen LogP contribution in [0.15, 0.2) is 23.1 Å². The van der Waals surface area contributed by atoms with Crippen molar-refractivity contribution >= 4 is 23.4 Å². The van der Waals surface area contributed by atoms with Gasteiger partial charge in [-0.25, -0.2) is 0 Å². The number of halogens is 1. The molecule has 0 atom stereocenters. The van der Waals surface area contributed by atoms with Gasteiger partial charge in [-0.05, 0) is 12.1 Å². The van der Waals surface area contributed by atoms with Crippen LogP contribution in [0, 0.1) is 11.3 Å². The third-order valence-electron chi connectivity index (χ3n) is 1.50. The zero-order valence-electron chi connectivity index (χ0n) is 8.47. The van der Waals surface area contributed by atoms with Crippen LogP contribution in [0.3, 0.4) is 0 Å². The van der Waals surface area contributed by atoms with Crippen molar-refractivity contribution in [1.82, 2.24) is 0 Å². The molecule has 1 rings (SSSR count). The van der Waals surface area contributed by atoms with E-state index in [1.54, 1.807) is 17.8 Å². The molecule has 0 aliphatic heterocycles. The number of nitrogens with zero attached hydrogens (tertiary/aromatic N) is 1. The first-order valence-corrected chi connectivity index (χ1v) is 5.51. The molecule has 0 spiro atoms. The fourth-order valence-electron chi connectivity index (χ4n) is 1.03. The summed E-state index contributed by atoms with van der Waals surface area (Å²) in [6, 6.07) is 7.68. The van der Waals surface area contributed by atoms with Crippen molar-refractivity contribution in [2.45, 2.75) is 30.4 Å². The zero-order valence-corrected chi connectivity index (χ0v) is 10.0. The molecule has 0 heterocycles. The molecular weight excluding hydrogens is 214 g/mol. The van der Waals surface area contributed by atoms with Gasteiger partial charge in [0, 0.05) is 9.64 Å². The molecule has 0 aliphatic rings. The van der Waals surface area contributed by atoms with Crippen LogP contribution < -0.4 is 0 Å². The van der Waals surface area contributed by atoms with E-state index in [4.69, 9.17) is 16.9 Å². The highest BCUT2D eigenvalue weighted by Crippen LogP contribution is 2.36. The van der Waals surface area contributed by atoms with Crippen LogP contribution in [-0.2, 0) is 0 Å². The monoisotopic (exact) mass is 225 g/mol. The standard InChI is InChI=1S/C11H12ClNS/c1-11(2,3)14-10-6-4-5-9(12)8(10)7-13/h4-6H,1-3H3. The average Bonchev–Trinajstić information content (AvgIpc) is 2.01. The number of rotatable bonds is 1. The first kappa shape index (κ1) is 11.4. The van der Waals surface area contributed by atoms with Crippen LogP contribution in [0.5, 0.6) is 0 Å². The maximum absolute atomic E-state index is 8.95. The maximum Gasteiger partial charge on any atom is 0.102 e. The molecule has 0 fully saturated rings. The lowest BCUT2D eigenvalue weighted by Gasteiger charge is -2.18. The Morgan fingerprint density at radius 1 is 1.36 bits per heavy atom. The minimum absolute atomic E-state index is 0.0935. The summed E-state index contributed by atoms with van der Waals surface area (Å²) in [4.78, 5) is 0.951. The van der Waals surface area contributed by atoms with Crippen LogP contribution in [0.1, 0.15) is 26.3 Å². The van der Waals surface area contributed by atoms with E-state index in [1.807, 2.05) is 12.1 Å². The van der Waals surface area contributed by atoms with Gasteiger partial charge in [0.1, 0.15) is 6.07 Å². The van der Waals surface area contributed by atoms with Gasteiger partial charge in [0.15, 0.2) is 0 Å². The molecule has 0 aromatic heterocycles. The van der Waals surface area contributed by atoms with E-state index >= 15 is 0 Å². The molecule has 1 nitrogen and oxygen atoms in total. The quantitative estimate of drug-likeness (QED) is 0.672. The number of thioether (sulfide) groups is 1. The Labute approximate surface area is 94.1 Å². The Balaban J connectivity index is 3.10. The zero-order chi connectivity index (χ0) is 10.8. The van der Waals surface area contributed by atoms with Crippen LogP contribution in [0.25, 0.3) is 0 Å². The first-order chi connectivity index (χ1) is 6.44. The van der Waals surface area contributed by atoms with Crippen LogP contribution in [0.4, 0.5) is 0 Å². The van der Waals surface area contributed by atoms with Crippen molar-refractivity contribution in [2.24, 2.45) is 0 Å². The molecule has 3 heteroatoms. The third-order valence-corrected chi connectivity index (χ3v) is 2.99. The second kappa shape index (κ2) is 4.25. The highest BCUT2D eigenvalue weighted by Gasteiger charge is 2.15. The molecule has 1 aromatic carbocycles. The van der Waals surface area contributed by atoms with E-state index < -0.39 is 0 Å². The molecule has 0 saturated heterocycles. The Morgan fingerprint density at radius 2 is 2.00 bits per heavy atom. The number of benzene rings is 1. The summed E-state index contributed by atoms with van der Waals surface area (Å²) in [7, 11) is 0. The van der Waals surface area contributed by atoms with Crippen LogP contribution in [-0.4, -0.2) is 4.75 Å². The van der Waals surface area contributed by atoms with E-state index in [-0.39, 0.29) is 4.75 Å². The molecule has 14 heavy (non-hydrogen) atoms. The molecule has 0 amide bonds. The highest BCUT2D eigenvalue weighted by molar-refractivity contribution is 8.00. The van der Waals surface area contributed by atoms with Gasteiger partial charge in [-0.2, -0.15) is 5.26 Å². The lowest BCUT2D eigenvalue weighted by molar-refractivity contribution is 0.802. The van der Waals surface area contributed by atoms with Gasteiger partial charge in [0.2, 0.25) is 0 Å². The molecule has 0 unspecified atom stereocenters. The van der Waals surface area contributed by atoms with Crippen molar-refractivity contribution in [1.29, 1.82) is 5.26 Å². The molecule has 74 valence electrons. The predicted octanol–water partition coefficient (Wildman–Crippen LogP) is 4.10. The third kappa shape index (κ3) is 2.94. The molecule has 0 saturated carbocycles. The molecule has 1 aromatic rings. The normalized spacial score (nSPS) is 11.1. The lowest BCUT2D eigenvalue weighted by atomic mass is 10.2. The Kier molecular flexibility index (Phi) is 3.47. The molecule has 0 bridgehead atoms. The van der Waals surface area contributed by atoms with Gasteiger partial charge in [-0.1, -0.05) is 38.4 Å². The summed E-state index contributed by atoms with van der Waals surface area (Å²) in [5.74, 6) is 0. The minimum Gasteiger partial charge on any atom is -0.192 e. The SMILES string of the molecule is CC(C)(C)Sc1cccc(Cl)c1C#N. The Morgan fingerprint density at radius 3 is 2.50 bits per heavy atom. The second-order valence-electron chi connectivity index (χ2n) is 3.94. The van der Waals surface area contributed by atoms with Crippen molar-refractivity contribution in [3.8, 4) is 6.07 Å². The summed E-state index contributed by atoms with van der Waals surface area (Å²) < 4.78 is 0.0935. The molecule has 0 aliphatic carbocycles. The van der Waals surface area contributed by atoms with E-state index in [1.165, 1.54) is 0 Å². The van der Waals surface area contributed by atoms with Gasteiger partial charge in [0.05, 0.1) is 10.6 Å². The second-order valence-corrected chi connectivity index (χ2v) is 6.22. The van der Waals surface area contributed by atoms with Crippen molar-refractivity contribution < 1.29 is 0 Å². The van der Waals surface area contributed by atoms with Crippen LogP contribution >= 0.6 is 23.4 Å². The van der Waals surface area contributed by atoms with Crippen LogP contribution in [0.2, 0.25) is 5.02 Å². The Hall–Kier alpha value is -0.650. The van der Waals surface area contributed by atoms with E-state index in [2.05, 4.69) is 26.8 Å². The summed E-state index contributed by atoms with van der Waals surface area (Å²) in [6.07, 6.45) is 0. The van der Waals surface area contributed by atoms with E-state index in [0.717, 1.165) is 4.90 Å². The molecule has 0 N–H and O–H groups in total. The summed E-state index contributed by atoms with van der Waals surface area (Å²) >= 11 is 7.58. The molecule has 0 radical (unpaired) electrons. The van der Waals surface area contributed by atoms with E-state index in [9.17, 15) is 0 Å². The average molecular weight is 226 g/mol. The summed E-state index contributed by atoms with van der Waals surface area (Å²) in [5.41, 5.74) is 0.578. The van der Waals surface area contributed by atoms with E-state index in [0.29, 0.717) is 10.6 Å². The van der Waals surface area contributed by atoms with Gasteiger partial charge >= 0.3 is 0 Å². The predicted molar refractivity (Wildman–Crippen MR) is 61.8 cm³/mol. The number of hydrogen-bond acceptors (Lipinski definition) is 2.